The third kappa shape index (κ3) is 4.58. The van der Waals surface area contributed by atoms with Crippen LogP contribution in [0.1, 0.15) is 6.42 Å². The lowest BCUT2D eigenvalue weighted by Crippen LogP contribution is -2.28. The average molecular weight is 395 g/mol. The van der Waals surface area contributed by atoms with Gasteiger partial charge >= 0.3 is 0 Å². The van der Waals surface area contributed by atoms with Gasteiger partial charge in [-0.05, 0) is 24.3 Å². The largest absolute Gasteiger partial charge is 0.497 e. The Bertz CT molecular complexity index is 954. The molecule has 8 nitrogen and oxygen atoms in total. The van der Waals surface area contributed by atoms with E-state index in [-0.39, 0.29) is 31.4 Å². The zero-order chi connectivity index (χ0) is 20.8. The number of carbonyl (C=O) groups excluding carboxylic acids is 2. The molecule has 1 fully saturated rings. The summed E-state index contributed by atoms with van der Waals surface area (Å²) in [7, 11) is 3.07. The molecule has 8 heteroatoms. The number of hydrogen-bond donors (Lipinski definition) is 1. The molecule has 1 unspecified atom stereocenters. The molecule has 0 spiro atoms. The number of methoxy groups -OCH3 is 2. The molecule has 3 rings (SSSR count). The van der Waals surface area contributed by atoms with E-state index in [2.05, 4.69) is 5.32 Å². The molecule has 1 saturated heterocycles. The van der Waals surface area contributed by atoms with E-state index >= 15 is 0 Å². The predicted octanol–water partition coefficient (Wildman–Crippen LogP) is 2.60. The number of anilines is 2. The fraction of sp³-hybridized carbons (Fsp3) is 0.286. The zero-order valence-electron chi connectivity index (χ0n) is 16.2. The van der Waals surface area contributed by atoms with Gasteiger partial charge in [0.15, 0.2) is 6.61 Å². The Hall–Kier alpha value is -3.73. The molecule has 2 aromatic carbocycles. The highest BCUT2D eigenvalue weighted by atomic mass is 16.5. The Balaban J connectivity index is 1.72. The Morgan fingerprint density at radius 2 is 2.03 bits per heavy atom. The summed E-state index contributed by atoms with van der Waals surface area (Å²) in [6, 6.07) is 13.8. The van der Waals surface area contributed by atoms with Gasteiger partial charge in [-0.25, -0.2) is 0 Å². The highest BCUT2D eigenvalue weighted by Crippen LogP contribution is 2.36. The quantitative estimate of drug-likeness (QED) is 0.773. The Kier molecular flexibility index (Phi) is 6.19. The van der Waals surface area contributed by atoms with Crippen LogP contribution in [0.2, 0.25) is 0 Å². The standard InChI is InChI=1S/C21H21N3O5/c1-27-16-6-7-19(28-2)18(12-16)24-13-14(10-20(24)25)21(26)23-15-4-3-5-17(11-15)29-9-8-22/h3-7,11-12,14H,9-10,13H2,1-2H3,(H,23,26). The van der Waals surface area contributed by atoms with Crippen molar-refractivity contribution in [2.75, 3.05) is 37.6 Å². The summed E-state index contributed by atoms with van der Waals surface area (Å²) in [6.07, 6.45) is 0.0941. The van der Waals surface area contributed by atoms with Crippen molar-refractivity contribution < 1.29 is 23.8 Å². The van der Waals surface area contributed by atoms with E-state index in [1.165, 1.54) is 12.0 Å². The Morgan fingerprint density at radius 1 is 1.21 bits per heavy atom. The molecular weight excluding hydrogens is 374 g/mol. The molecule has 0 saturated carbocycles. The van der Waals surface area contributed by atoms with E-state index in [1.807, 2.05) is 6.07 Å². The lowest BCUT2D eigenvalue weighted by molar-refractivity contribution is -0.122. The molecule has 2 aromatic rings. The van der Waals surface area contributed by atoms with Gasteiger partial charge in [-0.1, -0.05) is 6.07 Å². The summed E-state index contributed by atoms with van der Waals surface area (Å²) in [5.41, 5.74) is 1.11. The predicted molar refractivity (Wildman–Crippen MR) is 106 cm³/mol. The van der Waals surface area contributed by atoms with Gasteiger partial charge in [0, 0.05) is 30.8 Å². The van der Waals surface area contributed by atoms with Gasteiger partial charge in [-0.15, -0.1) is 0 Å². The van der Waals surface area contributed by atoms with Crippen molar-refractivity contribution in [1.82, 2.24) is 0 Å². The molecule has 1 aliphatic rings. The Labute approximate surface area is 168 Å². The van der Waals surface area contributed by atoms with Crippen molar-refractivity contribution in [2.24, 2.45) is 5.92 Å². The molecule has 0 aliphatic carbocycles. The fourth-order valence-electron chi connectivity index (χ4n) is 3.15. The molecule has 1 N–H and O–H groups in total. The van der Waals surface area contributed by atoms with Crippen LogP contribution in [0.5, 0.6) is 17.2 Å². The summed E-state index contributed by atoms with van der Waals surface area (Å²) in [6.45, 7) is 0.157. The van der Waals surface area contributed by atoms with Crippen molar-refractivity contribution in [2.45, 2.75) is 6.42 Å². The third-order valence-corrected chi connectivity index (χ3v) is 4.58. The minimum Gasteiger partial charge on any atom is -0.497 e. The molecular formula is C21H21N3O5. The maximum Gasteiger partial charge on any atom is 0.229 e. The van der Waals surface area contributed by atoms with Crippen molar-refractivity contribution in [3.8, 4) is 23.3 Å². The Morgan fingerprint density at radius 3 is 2.76 bits per heavy atom. The highest BCUT2D eigenvalue weighted by Gasteiger charge is 2.36. The normalized spacial score (nSPS) is 15.6. The third-order valence-electron chi connectivity index (χ3n) is 4.58. The number of ether oxygens (including phenoxy) is 3. The molecule has 150 valence electrons. The molecule has 29 heavy (non-hydrogen) atoms. The van der Waals surface area contributed by atoms with Crippen LogP contribution in [0, 0.1) is 17.2 Å². The van der Waals surface area contributed by atoms with Crippen LogP contribution in [-0.4, -0.2) is 39.2 Å². The monoisotopic (exact) mass is 395 g/mol. The second kappa shape index (κ2) is 8.97. The van der Waals surface area contributed by atoms with Crippen LogP contribution in [0.15, 0.2) is 42.5 Å². The van der Waals surface area contributed by atoms with Crippen molar-refractivity contribution in [3.63, 3.8) is 0 Å². The van der Waals surface area contributed by atoms with Gasteiger partial charge < -0.3 is 24.4 Å². The minimum atomic E-state index is -0.512. The number of rotatable bonds is 7. The number of amides is 2. The van der Waals surface area contributed by atoms with Gasteiger partial charge in [-0.3, -0.25) is 9.59 Å². The van der Waals surface area contributed by atoms with E-state index in [0.717, 1.165) is 0 Å². The first-order chi connectivity index (χ1) is 14.0. The van der Waals surface area contributed by atoms with E-state index < -0.39 is 5.92 Å². The molecule has 1 heterocycles. The minimum absolute atomic E-state index is 0.0775. The maximum absolute atomic E-state index is 12.7. The second-order valence-electron chi connectivity index (χ2n) is 6.41. The van der Waals surface area contributed by atoms with E-state index in [9.17, 15) is 9.59 Å². The second-order valence-corrected chi connectivity index (χ2v) is 6.41. The van der Waals surface area contributed by atoms with Gasteiger partial charge in [-0.2, -0.15) is 5.26 Å². The van der Waals surface area contributed by atoms with Crippen LogP contribution in [0.4, 0.5) is 11.4 Å². The summed E-state index contributed by atoms with van der Waals surface area (Å²) in [4.78, 5) is 26.8. The van der Waals surface area contributed by atoms with Crippen LogP contribution < -0.4 is 24.4 Å². The van der Waals surface area contributed by atoms with E-state index in [4.69, 9.17) is 19.5 Å². The topological polar surface area (TPSA) is 101 Å². The lowest BCUT2D eigenvalue weighted by atomic mass is 10.1. The lowest BCUT2D eigenvalue weighted by Gasteiger charge is -2.20. The molecule has 1 atom stereocenters. The van der Waals surface area contributed by atoms with Crippen LogP contribution in [0.25, 0.3) is 0 Å². The molecule has 1 aliphatic heterocycles. The highest BCUT2D eigenvalue weighted by molar-refractivity contribution is 6.04. The van der Waals surface area contributed by atoms with Crippen LogP contribution >= 0.6 is 0 Å². The number of benzene rings is 2. The number of hydrogen-bond acceptors (Lipinski definition) is 6. The number of carbonyl (C=O) groups is 2. The fourth-order valence-corrected chi connectivity index (χ4v) is 3.15. The molecule has 0 aromatic heterocycles. The SMILES string of the molecule is COc1ccc(OC)c(N2CC(C(=O)Nc3cccc(OCC#N)c3)CC2=O)c1. The summed E-state index contributed by atoms with van der Waals surface area (Å²) >= 11 is 0. The van der Waals surface area contributed by atoms with Gasteiger partial charge in [0.25, 0.3) is 0 Å². The smallest absolute Gasteiger partial charge is 0.229 e. The number of nitriles is 1. The van der Waals surface area contributed by atoms with Crippen molar-refractivity contribution >= 4 is 23.2 Å². The first-order valence-corrected chi connectivity index (χ1v) is 8.98. The van der Waals surface area contributed by atoms with E-state index in [1.54, 1.807) is 49.6 Å². The van der Waals surface area contributed by atoms with Crippen LogP contribution in [-0.2, 0) is 9.59 Å². The first kappa shape index (κ1) is 20.0. The number of nitrogens with zero attached hydrogens (tertiary/aromatic N) is 2. The van der Waals surface area contributed by atoms with Crippen molar-refractivity contribution in [3.05, 3.63) is 42.5 Å². The molecule has 0 radical (unpaired) electrons. The molecule has 2 amide bonds. The number of nitrogens with one attached hydrogen (secondary N) is 1. The zero-order valence-corrected chi connectivity index (χ0v) is 16.2. The molecule has 0 bridgehead atoms. The van der Waals surface area contributed by atoms with Gasteiger partial charge in [0.1, 0.15) is 23.3 Å². The summed E-state index contributed by atoms with van der Waals surface area (Å²) < 4.78 is 15.8. The van der Waals surface area contributed by atoms with Crippen molar-refractivity contribution in [1.29, 1.82) is 5.26 Å². The first-order valence-electron chi connectivity index (χ1n) is 8.98. The van der Waals surface area contributed by atoms with Gasteiger partial charge in [0.2, 0.25) is 11.8 Å². The average Bonchev–Trinajstić information content (AvgIpc) is 3.13. The van der Waals surface area contributed by atoms with E-state index in [0.29, 0.717) is 28.6 Å². The maximum atomic E-state index is 12.7. The summed E-state index contributed by atoms with van der Waals surface area (Å²) in [5.74, 6) is 0.665. The summed E-state index contributed by atoms with van der Waals surface area (Å²) in [5, 5.41) is 11.4. The van der Waals surface area contributed by atoms with Crippen LogP contribution in [0.3, 0.4) is 0 Å². The van der Waals surface area contributed by atoms with Gasteiger partial charge in [0.05, 0.1) is 25.8 Å².